The fourth-order valence-corrected chi connectivity index (χ4v) is 4.02. The lowest BCUT2D eigenvalue weighted by Crippen LogP contribution is -2.40. The summed E-state index contributed by atoms with van der Waals surface area (Å²) >= 11 is 1.51. The first kappa shape index (κ1) is 18.4. The van der Waals surface area contributed by atoms with E-state index in [1.54, 1.807) is 6.33 Å². The van der Waals surface area contributed by atoms with Gasteiger partial charge >= 0.3 is 0 Å². The Kier molecular flexibility index (Phi) is 4.30. The van der Waals surface area contributed by atoms with Gasteiger partial charge < -0.3 is 15.2 Å². The molecule has 0 saturated carbocycles. The van der Waals surface area contributed by atoms with Crippen molar-refractivity contribution in [3.8, 4) is 10.6 Å². The maximum Gasteiger partial charge on any atom is 0.251 e. The molecule has 0 aliphatic rings. The fraction of sp³-hybridized carbons (Fsp3) is 0.300. The Morgan fingerprint density at radius 2 is 1.96 bits per heavy atom. The number of hydrogen-bond acceptors (Lipinski definition) is 6. The van der Waals surface area contributed by atoms with Crippen molar-refractivity contribution in [1.82, 2.24) is 24.8 Å². The standard InChI is InChI=1S/C20H22N6OS/c1-20(2,3)25-17(27)11-7-6-8-12(9-11)18-23-14-15-13(22-10-26(15)5)16(21-4)24-19(14)28-18/h6-10H,1-5H3,(H,21,24)(H,25,27). The van der Waals surface area contributed by atoms with Gasteiger partial charge in [0.2, 0.25) is 0 Å². The molecule has 0 atom stereocenters. The van der Waals surface area contributed by atoms with Gasteiger partial charge in [0.15, 0.2) is 5.82 Å². The summed E-state index contributed by atoms with van der Waals surface area (Å²) in [5.74, 6) is 0.636. The summed E-state index contributed by atoms with van der Waals surface area (Å²) in [6, 6.07) is 7.53. The van der Waals surface area contributed by atoms with Gasteiger partial charge in [-0.3, -0.25) is 4.79 Å². The first-order chi connectivity index (χ1) is 13.3. The van der Waals surface area contributed by atoms with Gasteiger partial charge in [-0.15, -0.1) is 0 Å². The lowest BCUT2D eigenvalue weighted by molar-refractivity contribution is 0.0919. The molecule has 4 rings (SSSR count). The van der Waals surface area contributed by atoms with Gasteiger partial charge in [-0.2, -0.15) is 0 Å². The normalized spacial score (nSPS) is 11.9. The first-order valence-electron chi connectivity index (χ1n) is 8.99. The molecule has 144 valence electrons. The minimum absolute atomic E-state index is 0.0971. The Morgan fingerprint density at radius 1 is 1.18 bits per heavy atom. The molecule has 0 aliphatic heterocycles. The molecule has 4 aromatic rings. The summed E-state index contributed by atoms with van der Waals surface area (Å²) in [5, 5.41) is 6.93. The van der Waals surface area contributed by atoms with E-state index in [2.05, 4.69) is 20.6 Å². The predicted octanol–water partition coefficient (Wildman–Crippen LogP) is 3.82. The number of benzene rings is 1. The molecular formula is C20H22N6OS. The number of hydrogen-bond donors (Lipinski definition) is 2. The lowest BCUT2D eigenvalue weighted by Gasteiger charge is -2.20. The second kappa shape index (κ2) is 6.56. The molecule has 1 amide bonds. The van der Waals surface area contributed by atoms with E-state index in [1.807, 2.05) is 63.7 Å². The second-order valence-electron chi connectivity index (χ2n) is 7.72. The van der Waals surface area contributed by atoms with Crippen LogP contribution in [0.1, 0.15) is 31.1 Å². The number of aromatic nitrogens is 4. The molecule has 0 saturated heterocycles. The molecule has 7 nitrogen and oxygen atoms in total. The summed E-state index contributed by atoms with van der Waals surface area (Å²) in [5.41, 5.74) is 3.78. The van der Waals surface area contributed by atoms with Gasteiger partial charge in [0.05, 0.1) is 6.33 Å². The topological polar surface area (TPSA) is 84.7 Å². The minimum Gasteiger partial charge on any atom is -0.371 e. The van der Waals surface area contributed by atoms with Gasteiger partial charge in [0.1, 0.15) is 26.4 Å². The van der Waals surface area contributed by atoms with Crippen molar-refractivity contribution in [3.05, 3.63) is 36.2 Å². The number of aryl methyl sites for hydroxylation is 1. The van der Waals surface area contributed by atoms with Crippen LogP contribution < -0.4 is 10.6 Å². The Morgan fingerprint density at radius 3 is 2.68 bits per heavy atom. The van der Waals surface area contributed by atoms with E-state index in [4.69, 9.17) is 4.98 Å². The maximum absolute atomic E-state index is 12.5. The third-order valence-electron chi connectivity index (χ3n) is 4.31. The summed E-state index contributed by atoms with van der Waals surface area (Å²) in [6.07, 6.45) is 1.77. The third kappa shape index (κ3) is 3.20. The van der Waals surface area contributed by atoms with Crippen LogP contribution in [-0.2, 0) is 7.05 Å². The van der Waals surface area contributed by atoms with E-state index in [0.29, 0.717) is 5.56 Å². The predicted molar refractivity (Wildman–Crippen MR) is 114 cm³/mol. The number of nitrogens with one attached hydrogen (secondary N) is 2. The number of imidazole rings is 1. The van der Waals surface area contributed by atoms with Crippen molar-refractivity contribution in [2.45, 2.75) is 26.3 Å². The second-order valence-corrected chi connectivity index (χ2v) is 8.70. The minimum atomic E-state index is -0.290. The van der Waals surface area contributed by atoms with Gasteiger partial charge in [0, 0.05) is 30.8 Å². The van der Waals surface area contributed by atoms with Gasteiger partial charge in [-0.1, -0.05) is 23.5 Å². The Hall–Kier alpha value is -3.00. The van der Waals surface area contributed by atoms with Crippen molar-refractivity contribution in [2.24, 2.45) is 7.05 Å². The van der Waals surface area contributed by atoms with E-state index in [0.717, 1.165) is 37.8 Å². The van der Waals surface area contributed by atoms with E-state index in [-0.39, 0.29) is 11.4 Å². The van der Waals surface area contributed by atoms with Crippen LogP contribution in [0.25, 0.3) is 32.0 Å². The molecule has 28 heavy (non-hydrogen) atoms. The fourth-order valence-electron chi connectivity index (χ4n) is 3.08. The van der Waals surface area contributed by atoms with E-state index in [9.17, 15) is 4.79 Å². The molecule has 0 fully saturated rings. The zero-order valence-electron chi connectivity index (χ0n) is 16.5. The maximum atomic E-state index is 12.5. The van der Waals surface area contributed by atoms with Crippen molar-refractivity contribution >= 4 is 44.4 Å². The first-order valence-corrected chi connectivity index (χ1v) is 9.81. The molecule has 0 bridgehead atoms. The number of carbonyl (C=O) groups is 1. The Bertz CT molecular complexity index is 1200. The van der Waals surface area contributed by atoms with Gasteiger partial charge in [-0.05, 0) is 32.9 Å². The summed E-state index contributed by atoms with van der Waals surface area (Å²) in [7, 11) is 3.78. The highest BCUT2D eigenvalue weighted by atomic mass is 32.1. The smallest absolute Gasteiger partial charge is 0.251 e. The number of fused-ring (bicyclic) bond motifs is 3. The average Bonchev–Trinajstić information content (AvgIpc) is 3.23. The summed E-state index contributed by atoms with van der Waals surface area (Å²) in [4.78, 5) is 27.3. The molecule has 0 spiro atoms. The van der Waals surface area contributed by atoms with Crippen LogP contribution in [0.4, 0.5) is 5.82 Å². The van der Waals surface area contributed by atoms with E-state index in [1.165, 1.54) is 11.3 Å². The van der Waals surface area contributed by atoms with Crippen LogP contribution in [0.2, 0.25) is 0 Å². The van der Waals surface area contributed by atoms with Crippen molar-refractivity contribution in [1.29, 1.82) is 0 Å². The van der Waals surface area contributed by atoms with Gasteiger partial charge in [-0.25, -0.2) is 15.0 Å². The Balaban J connectivity index is 1.82. The largest absolute Gasteiger partial charge is 0.371 e. The highest BCUT2D eigenvalue weighted by molar-refractivity contribution is 7.21. The quantitative estimate of drug-likeness (QED) is 0.552. The molecule has 8 heteroatoms. The number of anilines is 1. The van der Waals surface area contributed by atoms with E-state index < -0.39 is 0 Å². The number of thiazole rings is 1. The Labute approximate surface area is 166 Å². The van der Waals surface area contributed by atoms with Crippen LogP contribution >= 0.6 is 11.3 Å². The molecule has 1 aromatic carbocycles. The van der Waals surface area contributed by atoms with Crippen LogP contribution in [0, 0.1) is 0 Å². The van der Waals surface area contributed by atoms with E-state index >= 15 is 0 Å². The average molecular weight is 395 g/mol. The number of pyridine rings is 1. The third-order valence-corrected chi connectivity index (χ3v) is 5.30. The molecular weight excluding hydrogens is 372 g/mol. The molecule has 3 heterocycles. The highest BCUT2D eigenvalue weighted by Crippen LogP contribution is 2.35. The van der Waals surface area contributed by atoms with Crippen LogP contribution in [0.5, 0.6) is 0 Å². The summed E-state index contributed by atoms with van der Waals surface area (Å²) < 4.78 is 1.96. The molecule has 0 unspecified atom stereocenters. The lowest BCUT2D eigenvalue weighted by atomic mass is 10.1. The molecule has 0 aliphatic carbocycles. The van der Waals surface area contributed by atoms with Crippen LogP contribution in [0.3, 0.4) is 0 Å². The number of nitrogens with zero attached hydrogens (tertiary/aromatic N) is 4. The zero-order valence-corrected chi connectivity index (χ0v) is 17.3. The SMILES string of the molecule is CNc1nc2sc(-c3cccc(C(=O)NC(C)(C)C)c3)nc2c2c1ncn2C. The number of rotatable bonds is 3. The van der Waals surface area contributed by atoms with Gasteiger partial charge in [0.25, 0.3) is 5.91 Å². The summed E-state index contributed by atoms with van der Waals surface area (Å²) in [6.45, 7) is 5.89. The zero-order chi connectivity index (χ0) is 20.1. The van der Waals surface area contributed by atoms with Crippen LogP contribution in [0.15, 0.2) is 30.6 Å². The van der Waals surface area contributed by atoms with Crippen LogP contribution in [-0.4, -0.2) is 38.0 Å². The highest BCUT2D eigenvalue weighted by Gasteiger charge is 2.19. The molecule has 0 radical (unpaired) electrons. The number of amides is 1. The monoisotopic (exact) mass is 394 g/mol. The number of carbonyl (C=O) groups excluding carboxylic acids is 1. The van der Waals surface area contributed by atoms with Crippen molar-refractivity contribution < 1.29 is 4.79 Å². The van der Waals surface area contributed by atoms with Crippen molar-refractivity contribution in [2.75, 3.05) is 12.4 Å². The molecule has 3 aromatic heterocycles. The molecule has 2 N–H and O–H groups in total. The van der Waals surface area contributed by atoms with Crippen molar-refractivity contribution in [3.63, 3.8) is 0 Å².